The van der Waals surface area contributed by atoms with Crippen LogP contribution in [0.1, 0.15) is 19.8 Å². The van der Waals surface area contributed by atoms with Crippen LogP contribution in [0.5, 0.6) is 0 Å². The minimum Gasteiger partial charge on any atom is -0.398 e. The van der Waals surface area contributed by atoms with Crippen LogP contribution in [-0.2, 0) is 10.8 Å². The molecule has 0 spiro atoms. The summed E-state index contributed by atoms with van der Waals surface area (Å²) in [4.78, 5) is 0.752. The van der Waals surface area contributed by atoms with Gasteiger partial charge in [-0.25, -0.2) is 0 Å². The highest BCUT2D eigenvalue weighted by molar-refractivity contribution is 9.10. The summed E-state index contributed by atoms with van der Waals surface area (Å²) < 4.78 is 12.7. The number of hydrogen-bond donors (Lipinski definition) is 1. The van der Waals surface area contributed by atoms with Gasteiger partial charge in [-0.1, -0.05) is 29.3 Å². The summed E-state index contributed by atoms with van der Waals surface area (Å²) in [5.74, 6) is 0.697. The van der Waals surface area contributed by atoms with Crippen LogP contribution in [0.25, 0.3) is 0 Å². The van der Waals surface area contributed by atoms with Crippen LogP contribution in [0.15, 0.2) is 27.6 Å². The van der Waals surface area contributed by atoms with E-state index in [4.69, 9.17) is 5.73 Å². The van der Waals surface area contributed by atoms with Crippen LogP contribution < -0.4 is 5.73 Å². The average molecular weight is 276 g/mol. The Balaban J connectivity index is 2.80. The maximum atomic E-state index is 11.8. The Kier molecular flexibility index (Phi) is 4.62. The van der Waals surface area contributed by atoms with Crippen molar-refractivity contribution >= 4 is 32.4 Å². The molecular formula is C10H14BrNOS. The molecule has 0 saturated carbocycles. The molecular weight excluding hydrogens is 262 g/mol. The van der Waals surface area contributed by atoms with Crippen molar-refractivity contribution < 1.29 is 4.21 Å². The third-order valence-corrected chi connectivity index (χ3v) is 3.92. The van der Waals surface area contributed by atoms with Crippen LogP contribution in [0.4, 0.5) is 5.69 Å². The molecule has 0 aliphatic heterocycles. The van der Waals surface area contributed by atoms with E-state index >= 15 is 0 Å². The van der Waals surface area contributed by atoms with Gasteiger partial charge in [-0.15, -0.1) is 0 Å². The Morgan fingerprint density at radius 2 is 2.21 bits per heavy atom. The normalized spacial score (nSPS) is 12.7. The molecule has 0 fully saturated rings. The number of hydrogen-bond acceptors (Lipinski definition) is 2. The second-order valence-electron chi connectivity index (χ2n) is 3.09. The largest absolute Gasteiger partial charge is 0.398 e. The molecule has 0 radical (unpaired) electrons. The van der Waals surface area contributed by atoms with E-state index in [1.54, 1.807) is 6.07 Å². The first-order valence-corrected chi connectivity index (χ1v) is 6.69. The minimum atomic E-state index is -0.949. The molecule has 0 bridgehead atoms. The van der Waals surface area contributed by atoms with E-state index in [9.17, 15) is 4.21 Å². The monoisotopic (exact) mass is 275 g/mol. The third kappa shape index (κ3) is 3.10. The fraction of sp³-hybridized carbons (Fsp3) is 0.400. The molecule has 0 amide bonds. The number of unbranched alkanes of at least 4 members (excludes halogenated alkanes) is 1. The van der Waals surface area contributed by atoms with Crippen molar-refractivity contribution in [1.82, 2.24) is 0 Å². The summed E-state index contributed by atoms with van der Waals surface area (Å²) in [6, 6.07) is 5.49. The lowest BCUT2D eigenvalue weighted by molar-refractivity contribution is 0.680. The highest BCUT2D eigenvalue weighted by Gasteiger charge is 2.07. The Hall–Kier alpha value is -0.350. The maximum absolute atomic E-state index is 11.8. The van der Waals surface area contributed by atoms with Crippen LogP contribution in [-0.4, -0.2) is 9.96 Å². The minimum absolute atomic E-state index is 0.605. The van der Waals surface area contributed by atoms with E-state index < -0.39 is 10.8 Å². The van der Waals surface area contributed by atoms with Crippen molar-refractivity contribution in [1.29, 1.82) is 0 Å². The van der Waals surface area contributed by atoms with Gasteiger partial charge >= 0.3 is 0 Å². The van der Waals surface area contributed by atoms with Gasteiger partial charge in [-0.05, 0) is 24.6 Å². The van der Waals surface area contributed by atoms with Crippen LogP contribution >= 0.6 is 15.9 Å². The second kappa shape index (κ2) is 5.51. The van der Waals surface area contributed by atoms with E-state index in [-0.39, 0.29) is 0 Å². The lowest BCUT2D eigenvalue weighted by atomic mass is 10.3. The van der Waals surface area contributed by atoms with Gasteiger partial charge in [0, 0.05) is 15.9 Å². The smallest absolute Gasteiger partial charge is 0.0618 e. The molecule has 0 aromatic heterocycles. The van der Waals surface area contributed by atoms with Crippen molar-refractivity contribution in [3.63, 3.8) is 0 Å². The number of benzene rings is 1. The van der Waals surface area contributed by atoms with Crippen molar-refractivity contribution in [2.24, 2.45) is 0 Å². The van der Waals surface area contributed by atoms with E-state index in [0.717, 1.165) is 22.2 Å². The van der Waals surface area contributed by atoms with Crippen LogP contribution in [0.3, 0.4) is 0 Å². The molecule has 4 heteroatoms. The topological polar surface area (TPSA) is 43.1 Å². The lowest BCUT2D eigenvalue weighted by Gasteiger charge is -2.05. The maximum Gasteiger partial charge on any atom is 0.0618 e. The van der Waals surface area contributed by atoms with E-state index in [1.165, 1.54) is 0 Å². The zero-order valence-corrected chi connectivity index (χ0v) is 10.5. The summed E-state index contributed by atoms with van der Waals surface area (Å²) in [6.07, 6.45) is 2.03. The summed E-state index contributed by atoms with van der Waals surface area (Å²) in [6.45, 7) is 2.09. The van der Waals surface area contributed by atoms with Crippen LogP contribution in [0.2, 0.25) is 0 Å². The van der Waals surface area contributed by atoms with Gasteiger partial charge in [0.15, 0.2) is 0 Å². The quantitative estimate of drug-likeness (QED) is 0.859. The Morgan fingerprint density at radius 3 is 2.79 bits per heavy atom. The molecule has 2 N–H and O–H groups in total. The van der Waals surface area contributed by atoms with Gasteiger partial charge in [0.2, 0.25) is 0 Å². The number of nitrogen functional groups attached to an aromatic ring is 1. The van der Waals surface area contributed by atoms with E-state index in [2.05, 4.69) is 22.9 Å². The van der Waals surface area contributed by atoms with Crippen molar-refractivity contribution in [2.75, 3.05) is 11.5 Å². The third-order valence-electron chi connectivity index (χ3n) is 1.90. The predicted octanol–water partition coefficient (Wildman–Crippen LogP) is 2.94. The van der Waals surface area contributed by atoms with Crippen molar-refractivity contribution in [3.05, 3.63) is 22.7 Å². The fourth-order valence-electron chi connectivity index (χ4n) is 1.11. The Morgan fingerprint density at radius 1 is 1.50 bits per heavy atom. The number of halogens is 1. The molecule has 2 nitrogen and oxygen atoms in total. The molecule has 0 aliphatic carbocycles. The first-order chi connectivity index (χ1) is 6.65. The van der Waals surface area contributed by atoms with Gasteiger partial charge in [0.05, 0.1) is 15.7 Å². The molecule has 14 heavy (non-hydrogen) atoms. The number of anilines is 1. The molecule has 0 heterocycles. The van der Waals surface area contributed by atoms with Crippen LogP contribution in [0, 0.1) is 0 Å². The molecule has 1 rings (SSSR count). The Labute approximate surface area is 95.5 Å². The van der Waals surface area contributed by atoms with Gasteiger partial charge in [-0.3, -0.25) is 4.21 Å². The molecule has 1 atom stereocenters. The molecule has 1 unspecified atom stereocenters. The summed E-state index contributed by atoms with van der Waals surface area (Å²) >= 11 is 3.32. The Bertz CT molecular complexity index is 341. The highest BCUT2D eigenvalue weighted by atomic mass is 79.9. The first kappa shape index (κ1) is 11.7. The van der Waals surface area contributed by atoms with Crippen molar-refractivity contribution in [2.45, 2.75) is 24.7 Å². The summed E-state index contributed by atoms with van der Waals surface area (Å²) in [7, 11) is -0.949. The van der Waals surface area contributed by atoms with Gasteiger partial charge in [-0.2, -0.15) is 0 Å². The molecule has 0 saturated heterocycles. The number of rotatable bonds is 4. The predicted molar refractivity (Wildman–Crippen MR) is 64.7 cm³/mol. The first-order valence-electron chi connectivity index (χ1n) is 4.58. The molecule has 1 aromatic carbocycles. The summed E-state index contributed by atoms with van der Waals surface area (Å²) in [5.41, 5.74) is 6.38. The standard InChI is InChI=1S/C10H14BrNOS/c1-2-3-6-14(13)10-5-4-8(11)7-9(10)12/h4-5,7H,2-3,6,12H2,1H3. The van der Waals surface area contributed by atoms with E-state index in [1.807, 2.05) is 12.1 Å². The van der Waals surface area contributed by atoms with Crippen molar-refractivity contribution in [3.8, 4) is 0 Å². The number of nitrogens with two attached hydrogens (primary N) is 1. The second-order valence-corrected chi connectivity index (χ2v) is 5.54. The van der Waals surface area contributed by atoms with E-state index in [0.29, 0.717) is 11.4 Å². The molecule has 78 valence electrons. The van der Waals surface area contributed by atoms with Gasteiger partial charge in [0.25, 0.3) is 0 Å². The summed E-state index contributed by atoms with van der Waals surface area (Å²) in [5, 5.41) is 0. The lowest BCUT2D eigenvalue weighted by Crippen LogP contribution is -2.01. The molecule has 1 aromatic rings. The zero-order valence-electron chi connectivity index (χ0n) is 8.13. The van der Waals surface area contributed by atoms with Gasteiger partial charge in [0.1, 0.15) is 0 Å². The highest BCUT2D eigenvalue weighted by Crippen LogP contribution is 2.21. The molecule has 0 aliphatic rings. The average Bonchev–Trinajstić information content (AvgIpc) is 2.14. The fourth-order valence-corrected chi connectivity index (χ4v) is 2.80. The van der Waals surface area contributed by atoms with Gasteiger partial charge < -0.3 is 5.73 Å². The zero-order chi connectivity index (χ0) is 10.6. The SMILES string of the molecule is CCCCS(=O)c1ccc(Br)cc1N.